The minimum absolute atomic E-state index is 0.106. The summed E-state index contributed by atoms with van der Waals surface area (Å²) in [5, 5.41) is 10.3. The lowest BCUT2D eigenvalue weighted by atomic mass is 10.1. The standard InChI is InChI=1S/C18H10ClF3N6OS/c19-12-8-11(9-23-16(12)28-24-6-7-25-28)26-17(29)15-13(18(20,21)22)14(27-30-15)10-4-2-1-3-5-10/h1-9H,(H,26,29). The molecule has 0 unspecified atom stereocenters. The summed E-state index contributed by atoms with van der Waals surface area (Å²) in [5.74, 6) is -0.760. The number of anilines is 1. The quantitative estimate of drug-likeness (QED) is 0.486. The average molecular weight is 451 g/mol. The molecule has 4 rings (SSSR count). The smallest absolute Gasteiger partial charge is 0.320 e. The molecular formula is C18H10ClF3N6OS. The molecule has 3 aromatic heterocycles. The Balaban J connectivity index is 1.66. The van der Waals surface area contributed by atoms with E-state index in [1.165, 1.54) is 41.6 Å². The first-order chi connectivity index (χ1) is 14.3. The maximum absolute atomic E-state index is 13.7. The van der Waals surface area contributed by atoms with Crippen LogP contribution in [0.25, 0.3) is 17.1 Å². The maximum atomic E-state index is 13.7. The summed E-state index contributed by atoms with van der Waals surface area (Å²) in [7, 11) is 0. The van der Waals surface area contributed by atoms with Crippen LogP contribution in [-0.4, -0.2) is 30.3 Å². The number of hydrogen-bond donors (Lipinski definition) is 1. The van der Waals surface area contributed by atoms with Gasteiger partial charge in [-0.3, -0.25) is 4.79 Å². The Hall–Kier alpha value is -3.31. The van der Waals surface area contributed by atoms with Gasteiger partial charge >= 0.3 is 6.18 Å². The summed E-state index contributed by atoms with van der Waals surface area (Å²) < 4.78 is 45.1. The van der Waals surface area contributed by atoms with E-state index in [1.807, 2.05) is 0 Å². The van der Waals surface area contributed by atoms with Crippen LogP contribution in [-0.2, 0) is 6.18 Å². The van der Waals surface area contributed by atoms with Crippen molar-refractivity contribution >= 4 is 34.7 Å². The molecule has 1 amide bonds. The van der Waals surface area contributed by atoms with Crippen molar-refractivity contribution in [3.63, 3.8) is 0 Å². The second-order valence-electron chi connectivity index (χ2n) is 5.90. The number of benzene rings is 1. The zero-order valence-electron chi connectivity index (χ0n) is 14.8. The van der Waals surface area contributed by atoms with Gasteiger partial charge in [-0.05, 0) is 17.6 Å². The van der Waals surface area contributed by atoms with Crippen molar-refractivity contribution in [3.8, 4) is 17.1 Å². The van der Waals surface area contributed by atoms with E-state index in [0.29, 0.717) is 11.5 Å². The number of hydrogen-bond acceptors (Lipinski definition) is 6. The van der Waals surface area contributed by atoms with Gasteiger partial charge in [-0.25, -0.2) is 4.98 Å². The molecule has 7 nitrogen and oxygen atoms in total. The fourth-order valence-electron chi connectivity index (χ4n) is 2.66. The molecule has 0 saturated heterocycles. The second-order valence-corrected chi connectivity index (χ2v) is 7.08. The fraction of sp³-hybridized carbons (Fsp3) is 0.0556. The lowest BCUT2D eigenvalue weighted by Crippen LogP contribution is -2.17. The number of halogens is 4. The second kappa shape index (κ2) is 7.84. The zero-order chi connectivity index (χ0) is 21.3. The first-order valence-electron chi connectivity index (χ1n) is 8.30. The molecule has 0 bridgehead atoms. The topological polar surface area (TPSA) is 85.6 Å². The number of nitrogens with zero attached hydrogens (tertiary/aromatic N) is 5. The molecular weight excluding hydrogens is 441 g/mol. The number of rotatable bonds is 4. The van der Waals surface area contributed by atoms with Gasteiger partial charge in [-0.1, -0.05) is 41.9 Å². The summed E-state index contributed by atoms with van der Waals surface area (Å²) >= 11 is 6.60. The van der Waals surface area contributed by atoms with Crippen molar-refractivity contribution in [1.29, 1.82) is 0 Å². The van der Waals surface area contributed by atoms with Gasteiger partial charge in [-0.2, -0.15) is 27.7 Å². The van der Waals surface area contributed by atoms with E-state index >= 15 is 0 Å². The van der Waals surface area contributed by atoms with Gasteiger partial charge in [0.15, 0.2) is 5.82 Å². The fourth-order valence-corrected chi connectivity index (χ4v) is 3.72. The van der Waals surface area contributed by atoms with Crippen LogP contribution in [0.2, 0.25) is 5.02 Å². The Morgan fingerprint density at radius 3 is 2.47 bits per heavy atom. The highest BCUT2D eigenvalue weighted by Gasteiger charge is 2.41. The molecule has 0 aliphatic carbocycles. The molecule has 4 aromatic rings. The molecule has 12 heteroatoms. The number of alkyl halides is 3. The van der Waals surface area contributed by atoms with Crippen molar-refractivity contribution in [2.45, 2.75) is 6.18 Å². The molecule has 0 aliphatic heterocycles. The first kappa shape index (κ1) is 20.0. The van der Waals surface area contributed by atoms with Crippen LogP contribution >= 0.6 is 23.1 Å². The predicted octanol–water partition coefficient (Wildman–Crippen LogP) is 4.71. The Morgan fingerprint density at radius 1 is 1.13 bits per heavy atom. The van der Waals surface area contributed by atoms with Gasteiger partial charge in [-0.15, -0.1) is 4.80 Å². The largest absolute Gasteiger partial charge is 0.420 e. The zero-order valence-corrected chi connectivity index (χ0v) is 16.3. The van der Waals surface area contributed by atoms with Crippen LogP contribution in [0.4, 0.5) is 18.9 Å². The molecule has 0 radical (unpaired) electrons. The van der Waals surface area contributed by atoms with Crippen molar-refractivity contribution in [1.82, 2.24) is 24.4 Å². The number of nitrogens with one attached hydrogen (secondary N) is 1. The Labute approximate surface area is 176 Å². The van der Waals surface area contributed by atoms with Gasteiger partial charge in [0.05, 0.1) is 35.0 Å². The van der Waals surface area contributed by atoms with Crippen LogP contribution in [0, 0.1) is 0 Å². The van der Waals surface area contributed by atoms with Crippen LogP contribution in [0.15, 0.2) is 55.0 Å². The third kappa shape index (κ3) is 3.89. The summed E-state index contributed by atoms with van der Waals surface area (Å²) in [4.78, 5) is 17.3. The number of pyridine rings is 1. The average Bonchev–Trinajstić information content (AvgIpc) is 3.38. The van der Waals surface area contributed by atoms with Crippen LogP contribution in [0.5, 0.6) is 0 Å². The van der Waals surface area contributed by atoms with E-state index in [-0.39, 0.29) is 27.8 Å². The van der Waals surface area contributed by atoms with Crippen LogP contribution in [0.1, 0.15) is 15.2 Å². The summed E-state index contributed by atoms with van der Waals surface area (Å²) in [6.07, 6.45) is -0.661. The molecule has 152 valence electrons. The highest BCUT2D eigenvalue weighted by atomic mass is 35.5. The maximum Gasteiger partial charge on any atom is 0.420 e. The van der Waals surface area contributed by atoms with Gasteiger partial charge in [0.2, 0.25) is 0 Å². The normalized spacial score (nSPS) is 11.5. The van der Waals surface area contributed by atoms with Gasteiger partial charge < -0.3 is 5.32 Å². The van der Waals surface area contributed by atoms with Crippen molar-refractivity contribution in [2.24, 2.45) is 0 Å². The number of carbonyl (C=O) groups excluding carboxylic acids is 1. The summed E-state index contributed by atoms with van der Waals surface area (Å²) in [5.41, 5.74) is -1.01. The molecule has 3 heterocycles. The third-order valence-electron chi connectivity index (χ3n) is 3.92. The molecule has 0 fully saturated rings. The highest BCUT2D eigenvalue weighted by molar-refractivity contribution is 7.08. The first-order valence-corrected chi connectivity index (χ1v) is 9.45. The van der Waals surface area contributed by atoms with E-state index in [1.54, 1.807) is 18.2 Å². The highest BCUT2D eigenvalue weighted by Crippen LogP contribution is 2.41. The molecule has 0 spiro atoms. The van der Waals surface area contributed by atoms with Gasteiger partial charge in [0, 0.05) is 5.56 Å². The minimum Gasteiger partial charge on any atom is -0.320 e. The van der Waals surface area contributed by atoms with Crippen molar-refractivity contribution in [3.05, 3.63) is 70.5 Å². The number of amides is 1. The number of carbonyl (C=O) groups is 1. The monoisotopic (exact) mass is 450 g/mol. The lowest BCUT2D eigenvalue weighted by molar-refractivity contribution is -0.137. The lowest BCUT2D eigenvalue weighted by Gasteiger charge is -2.11. The molecule has 0 aliphatic rings. The van der Waals surface area contributed by atoms with Crippen molar-refractivity contribution in [2.75, 3.05) is 5.32 Å². The molecule has 1 aromatic carbocycles. The van der Waals surface area contributed by atoms with Gasteiger partial charge in [0.25, 0.3) is 5.91 Å². The molecule has 0 atom stereocenters. The summed E-state index contributed by atoms with van der Waals surface area (Å²) in [6, 6.07) is 9.21. The van der Waals surface area contributed by atoms with Crippen LogP contribution < -0.4 is 5.32 Å². The third-order valence-corrected chi connectivity index (χ3v) is 5.04. The molecule has 30 heavy (non-hydrogen) atoms. The molecule has 1 N–H and O–H groups in total. The Kier molecular flexibility index (Phi) is 5.22. The van der Waals surface area contributed by atoms with E-state index < -0.39 is 22.5 Å². The summed E-state index contributed by atoms with van der Waals surface area (Å²) in [6.45, 7) is 0. The Bertz CT molecular complexity index is 1190. The minimum atomic E-state index is -4.77. The number of aromatic nitrogens is 5. The van der Waals surface area contributed by atoms with Gasteiger partial charge in [0.1, 0.15) is 10.4 Å². The molecule has 0 saturated carbocycles. The van der Waals surface area contributed by atoms with Crippen LogP contribution in [0.3, 0.4) is 0 Å². The van der Waals surface area contributed by atoms with E-state index in [0.717, 1.165) is 0 Å². The Morgan fingerprint density at radius 2 is 1.83 bits per heavy atom. The van der Waals surface area contributed by atoms with E-state index in [4.69, 9.17) is 11.6 Å². The van der Waals surface area contributed by atoms with E-state index in [9.17, 15) is 18.0 Å². The van der Waals surface area contributed by atoms with E-state index in [2.05, 4.69) is 24.9 Å². The van der Waals surface area contributed by atoms with Crippen molar-refractivity contribution < 1.29 is 18.0 Å². The predicted molar refractivity (Wildman–Crippen MR) is 105 cm³/mol. The SMILES string of the molecule is O=C(Nc1cnc(-n2nccn2)c(Cl)c1)c1snc(-c2ccccc2)c1C(F)(F)F.